The van der Waals surface area contributed by atoms with Crippen molar-refractivity contribution in [2.24, 2.45) is 0 Å². The van der Waals surface area contributed by atoms with Gasteiger partial charge in [0.05, 0.1) is 12.4 Å². The minimum atomic E-state index is 0.748. The Hall–Kier alpha value is -0.880. The second-order valence-corrected chi connectivity index (χ2v) is 6.06. The fourth-order valence-electron chi connectivity index (χ4n) is 1.62. The quantitative estimate of drug-likeness (QED) is 0.599. The van der Waals surface area contributed by atoms with E-state index in [1.807, 2.05) is 23.3 Å². The van der Waals surface area contributed by atoms with Crippen molar-refractivity contribution in [3.63, 3.8) is 0 Å². The van der Waals surface area contributed by atoms with Gasteiger partial charge >= 0.3 is 0 Å². The molecule has 1 heterocycles. The highest BCUT2D eigenvalue weighted by atomic mass is 32.2. The van der Waals surface area contributed by atoms with Crippen molar-refractivity contribution in [3.05, 3.63) is 46.4 Å². The largest absolute Gasteiger partial charge is 0.383 e. The lowest BCUT2D eigenvalue weighted by Crippen LogP contribution is -2.18. The number of thiazole rings is 1. The number of methoxy groups -OCH3 is 1. The highest BCUT2D eigenvalue weighted by molar-refractivity contribution is 7.98. The standard InChI is InChI=1S/C14H18N2OS2/c1-17-7-5-15-10-12-3-2-4-13(9-12)19-11-14-16-6-8-18-14/h2-4,6,8-9,15H,5,7,10-11H2,1H3. The Labute approximate surface area is 122 Å². The lowest BCUT2D eigenvalue weighted by Gasteiger charge is -2.06. The van der Waals surface area contributed by atoms with E-state index in [-0.39, 0.29) is 0 Å². The van der Waals surface area contributed by atoms with Crippen LogP contribution in [0.1, 0.15) is 10.6 Å². The van der Waals surface area contributed by atoms with Gasteiger partial charge in [-0.1, -0.05) is 12.1 Å². The van der Waals surface area contributed by atoms with E-state index >= 15 is 0 Å². The fourth-order valence-corrected chi connectivity index (χ4v) is 3.25. The third kappa shape index (κ3) is 5.32. The van der Waals surface area contributed by atoms with Crippen LogP contribution in [0.5, 0.6) is 0 Å². The fraction of sp³-hybridized carbons (Fsp3) is 0.357. The molecule has 0 aliphatic heterocycles. The first-order chi connectivity index (χ1) is 9.38. The van der Waals surface area contributed by atoms with Gasteiger partial charge < -0.3 is 10.1 Å². The summed E-state index contributed by atoms with van der Waals surface area (Å²) in [5.74, 6) is 0.943. The average molecular weight is 294 g/mol. The summed E-state index contributed by atoms with van der Waals surface area (Å²) in [6.45, 7) is 2.51. The second kappa shape index (κ2) is 8.32. The molecule has 1 aromatic carbocycles. The van der Waals surface area contributed by atoms with Crippen LogP contribution in [0.25, 0.3) is 0 Å². The van der Waals surface area contributed by atoms with Crippen LogP contribution in [0.2, 0.25) is 0 Å². The molecule has 1 aromatic heterocycles. The molecule has 0 saturated heterocycles. The molecule has 0 saturated carbocycles. The van der Waals surface area contributed by atoms with E-state index in [4.69, 9.17) is 4.74 Å². The Balaban J connectivity index is 1.81. The van der Waals surface area contributed by atoms with Gasteiger partial charge in [0.2, 0.25) is 0 Å². The van der Waals surface area contributed by atoms with Crippen LogP contribution in [0.15, 0.2) is 40.7 Å². The maximum Gasteiger partial charge on any atom is 0.103 e. The zero-order chi connectivity index (χ0) is 13.3. The van der Waals surface area contributed by atoms with Gasteiger partial charge in [0, 0.05) is 36.7 Å². The number of ether oxygens (including phenoxy) is 1. The molecular weight excluding hydrogens is 276 g/mol. The molecule has 0 spiro atoms. The van der Waals surface area contributed by atoms with E-state index in [1.54, 1.807) is 18.4 Å². The minimum absolute atomic E-state index is 0.748. The van der Waals surface area contributed by atoms with Gasteiger partial charge in [0.1, 0.15) is 5.01 Å². The third-order valence-electron chi connectivity index (χ3n) is 2.56. The minimum Gasteiger partial charge on any atom is -0.383 e. The molecule has 0 fully saturated rings. The van der Waals surface area contributed by atoms with Crippen LogP contribution in [-0.2, 0) is 17.0 Å². The molecule has 0 amide bonds. The number of thioether (sulfide) groups is 1. The molecule has 102 valence electrons. The molecular formula is C14H18N2OS2. The highest BCUT2D eigenvalue weighted by Crippen LogP contribution is 2.24. The molecule has 5 heteroatoms. The third-order valence-corrected chi connectivity index (χ3v) is 4.52. The number of benzene rings is 1. The number of nitrogens with zero attached hydrogens (tertiary/aromatic N) is 1. The molecule has 0 aliphatic rings. The van der Waals surface area contributed by atoms with Crippen LogP contribution in [-0.4, -0.2) is 25.2 Å². The predicted octanol–water partition coefficient (Wildman–Crippen LogP) is 3.17. The summed E-state index contributed by atoms with van der Waals surface area (Å²) in [7, 11) is 1.72. The molecule has 2 rings (SSSR count). The van der Waals surface area contributed by atoms with Gasteiger partial charge in [-0.25, -0.2) is 4.98 Å². The summed E-state index contributed by atoms with van der Waals surface area (Å²) in [6, 6.07) is 8.64. The molecule has 0 radical (unpaired) electrons. The first kappa shape index (κ1) is 14.5. The van der Waals surface area contributed by atoms with Gasteiger partial charge in [0.15, 0.2) is 0 Å². The van der Waals surface area contributed by atoms with Crippen molar-refractivity contribution < 1.29 is 4.74 Å². The lowest BCUT2D eigenvalue weighted by atomic mass is 10.2. The molecule has 3 nitrogen and oxygen atoms in total. The SMILES string of the molecule is COCCNCc1cccc(SCc2nccs2)c1. The Morgan fingerprint density at radius 2 is 2.37 bits per heavy atom. The van der Waals surface area contributed by atoms with Crippen molar-refractivity contribution in [3.8, 4) is 0 Å². The molecule has 0 unspecified atom stereocenters. The molecule has 1 N–H and O–H groups in total. The van der Waals surface area contributed by atoms with E-state index in [0.29, 0.717) is 0 Å². The van der Waals surface area contributed by atoms with Crippen LogP contribution >= 0.6 is 23.1 Å². The van der Waals surface area contributed by atoms with Crippen LogP contribution in [0, 0.1) is 0 Å². The van der Waals surface area contributed by atoms with Crippen molar-refractivity contribution in [1.82, 2.24) is 10.3 Å². The monoisotopic (exact) mass is 294 g/mol. The first-order valence-corrected chi connectivity index (χ1v) is 8.05. The van der Waals surface area contributed by atoms with Crippen LogP contribution in [0.4, 0.5) is 0 Å². The van der Waals surface area contributed by atoms with Gasteiger partial charge in [-0.3, -0.25) is 0 Å². The molecule has 19 heavy (non-hydrogen) atoms. The average Bonchev–Trinajstić information content (AvgIpc) is 2.95. The Bertz CT molecular complexity index is 474. The number of nitrogens with one attached hydrogen (secondary N) is 1. The van der Waals surface area contributed by atoms with Gasteiger partial charge in [-0.2, -0.15) is 0 Å². The van der Waals surface area contributed by atoms with Crippen molar-refractivity contribution in [1.29, 1.82) is 0 Å². The highest BCUT2D eigenvalue weighted by Gasteiger charge is 2.00. The summed E-state index contributed by atoms with van der Waals surface area (Å²) in [4.78, 5) is 5.59. The van der Waals surface area contributed by atoms with E-state index in [0.717, 1.165) is 25.4 Å². The van der Waals surface area contributed by atoms with Crippen LogP contribution in [0.3, 0.4) is 0 Å². The van der Waals surface area contributed by atoms with Crippen molar-refractivity contribution in [2.75, 3.05) is 20.3 Å². The lowest BCUT2D eigenvalue weighted by molar-refractivity contribution is 0.199. The maximum atomic E-state index is 5.01. The van der Waals surface area contributed by atoms with E-state index in [1.165, 1.54) is 15.5 Å². The first-order valence-electron chi connectivity index (χ1n) is 6.18. The van der Waals surface area contributed by atoms with Crippen LogP contribution < -0.4 is 5.32 Å². The Morgan fingerprint density at radius 1 is 1.42 bits per heavy atom. The number of hydrogen-bond donors (Lipinski definition) is 1. The van der Waals surface area contributed by atoms with E-state index in [2.05, 4.69) is 34.6 Å². The molecule has 0 atom stereocenters. The van der Waals surface area contributed by atoms with Gasteiger partial charge in [0.25, 0.3) is 0 Å². The molecule has 0 aliphatic carbocycles. The van der Waals surface area contributed by atoms with Crippen molar-refractivity contribution in [2.45, 2.75) is 17.2 Å². The van der Waals surface area contributed by atoms with Crippen molar-refractivity contribution >= 4 is 23.1 Å². The van der Waals surface area contributed by atoms with Gasteiger partial charge in [-0.15, -0.1) is 23.1 Å². The van der Waals surface area contributed by atoms with E-state index < -0.39 is 0 Å². The smallest absolute Gasteiger partial charge is 0.103 e. The molecule has 2 aromatic rings. The van der Waals surface area contributed by atoms with E-state index in [9.17, 15) is 0 Å². The Morgan fingerprint density at radius 3 is 3.16 bits per heavy atom. The zero-order valence-corrected chi connectivity index (χ0v) is 12.6. The number of aromatic nitrogens is 1. The number of hydrogen-bond acceptors (Lipinski definition) is 5. The Kier molecular flexibility index (Phi) is 6.36. The maximum absolute atomic E-state index is 5.01. The summed E-state index contributed by atoms with van der Waals surface area (Å²) in [5.41, 5.74) is 1.31. The molecule has 0 bridgehead atoms. The topological polar surface area (TPSA) is 34.1 Å². The number of rotatable bonds is 8. The summed E-state index contributed by atoms with van der Waals surface area (Å²) < 4.78 is 5.01. The summed E-state index contributed by atoms with van der Waals surface area (Å²) in [6.07, 6.45) is 1.86. The van der Waals surface area contributed by atoms with Gasteiger partial charge in [-0.05, 0) is 17.7 Å². The predicted molar refractivity (Wildman–Crippen MR) is 81.7 cm³/mol. The summed E-state index contributed by atoms with van der Waals surface area (Å²) >= 11 is 3.54. The second-order valence-electron chi connectivity index (χ2n) is 4.03. The zero-order valence-electron chi connectivity index (χ0n) is 11.0. The summed E-state index contributed by atoms with van der Waals surface area (Å²) in [5, 5.41) is 6.55. The normalized spacial score (nSPS) is 10.8.